The van der Waals surface area contributed by atoms with Crippen LogP contribution in [0.2, 0.25) is 10.0 Å². The summed E-state index contributed by atoms with van der Waals surface area (Å²) in [6, 6.07) is 4.03. The molecule has 1 aromatic carbocycles. The van der Waals surface area contributed by atoms with E-state index in [1.54, 1.807) is 6.07 Å². The summed E-state index contributed by atoms with van der Waals surface area (Å²) in [6.07, 6.45) is 4.15. The summed E-state index contributed by atoms with van der Waals surface area (Å²) >= 11 is 11.8. The van der Waals surface area contributed by atoms with Gasteiger partial charge in [-0.2, -0.15) is 0 Å². The highest BCUT2D eigenvalue weighted by molar-refractivity contribution is 6.39. The first-order valence-electron chi connectivity index (χ1n) is 8.10. The lowest BCUT2D eigenvalue weighted by atomic mass is 9.86. The van der Waals surface area contributed by atoms with Gasteiger partial charge >= 0.3 is 12.0 Å². The Kier molecular flexibility index (Phi) is 7.08. The molecule has 0 saturated heterocycles. The Hall–Kier alpha value is -1.79. The molecular weight excluding hydrogens is 367 g/mol. The van der Waals surface area contributed by atoms with E-state index in [0.717, 1.165) is 25.7 Å². The third kappa shape index (κ3) is 5.61. The summed E-state index contributed by atoms with van der Waals surface area (Å²) in [5.74, 6) is -1.18. The summed E-state index contributed by atoms with van der Waals surface area (Å²) in [7, 11) is 0. The molecule has 1 saturated carbocycles. The van der Waals surface area contributed by atoms with E-state index in [0.29, 0.717) is 5.92 Å². The zero-order valence-electron chi connectivity index (χ0n) is 13.8. The van der Waals surface area contributed by atoms with Gasteiger partial charge in [0, 0.05) is 6.04 Å². The fourth-order valence-electron chi connectivity index (χ4n) is 2.79. The fraction of sp³-hybridized carbons (Fsp3) is 0.471. The molecule has 1 aromatic rings. The lowest BCUT2D eigenvalue weighted by Gasteiger charge is -2.29. The van der Waals surface area contributed by atoms with Crippen molar-refractivity contribution in [2.45, 2.75) is 38.6 Å². The van der Waals surface area contributed by atoms with Crippen molar-refractivity contribution in [2.24, 2.45) is 5.92 Å². The molecule has 2 rings (SSSR count). The fourth-order valence-corrected chi connectivity index (χ4v) is 3.35. The van der Waals surface area contributed by atoms with Crippen LogP contribution in [0.25, 0.3) is 0 Å². The maximum Gasteiger partial charge on any atom is 0.341 e. The smallest absolute Gasteiger partial charge is 0.341 e. The van der Waals surface area contributed by atoms with Crippen LogP contribution < -0.4 is 10.6 Å². The minimum Gasteiger partial charge on any atom is -0.452 e. The summed E-state index contributed by atoms with van der Waals surface area (Å²) in [5.41, 5.74) is -0.0147. The monoisotopic (exact) mass is 386 g/mol. The van der Waals surface area contributed by atoms with Crippen molar-refractivity contribution < 1.29 is 19.1 Å². The second kappa shape index (κ2) is 9.06. The van der Waals surface area contributed by atoms with Gasteiger partial charge in [0.2, 0.25) is 0 Å². The summed E-state index contributed by atoms with van der Waals surface area (Å²) in [4.78, 5) is 35.6. The zero-order chi connectivity index (χ0) is 18.4. The lowest BCUT2D eigenvalue weighted by Crippen LogP contribution is -2.48. The van der Waals surface area contributed by atoms with Gasteiger partial charge in [-0.05, 0) is 30.9 Å². The summed E-state index contributed by atoms with van der Waals surface area (Å²) in [6.45, 7) is 1.47. The SMILES string of the molecule is C[C@H]1CCCC[C@@H]1NC(=O)NC(=O)COC(=O)c1c(Cl)cccc1Cl. The molecule has 25 heavy (non-hydrogen) atoms. The van der Waals surface area contributed by atoms with Crippen LogP contribution in [0.3, 0.4) is 0 Å². The molecular formula is C17H20Cl2N2O4. The third-order valence-corrected chi connectivity index (χ3v) is 4.81. The quantitative estimate of drug-likeness (QED) is 0.774. The molecule has 0 heterocycles. The topological polar surface area (TPSA) is 84.5 Å². The van der Waals surface area contributed by atoms with E-state index in [4.69, 9.17) is 27.9 Å². The van der Waals surface area contributed by atoms with Crippen molar-refractivity contribution in [1.82, 2.24) is 10.6 Å². The molecule has 0 unspecified atom stereocenters. The molecule has 2 N–H and O–H groups in total. The van der Waals surface area contributed by atoms with Gasteiger partial charge in [-0.3, -0.25) is 10.1 Å². The highest BCUT2D eigenvalue weighted by Crippen LogP contribution is 2.25. The number of imide groups is 1. The Morgan fingerprint density at radius 3 is 2.44 bits per heavy atom. The van der Waals surface area contributed by atoms with Crippen LogP contribution in [-0.4, -0.2) is 30.6 Å². The maximum atomic E-state index is 12.0. The van der Waals surface area contributed by atoms with Crippen molar-refractivity contribution in [3.63, 3.8) is 0 Å². The third-order valence-electron chi connectivity index (χ3n) is 4.18. The van der Waals surface area contributed by atoms with E-state index in [-0.39, 0.29) is 21.7 Å². The molecule has 136 valence electrons. The number of hydrogen-bond donors (Lipinski definition) is 2. The average molecular weight is 387 g/mol. The van der Waals surface area contributed by atoms with Crippen molar-refractivity contribution in [3.8, 4) is 0 Å². The number of rotatable bonds is 4. The Morgan fingerprint density at radius 1 is 1.16 bits per heavy atom. The molecule has 2 atom stereocenters. The molecule has 0 aliphatic heterocycles. The van der Waals surface area contributed by atoms with E-state index in [9.17, 15) is 14.4 Å². The van der Waals surface area contributed by atoms with Gasteiger partial charge in [0.1, 0.15) is 0 Å². The molecule has 0 radical (unpaired) electrons. The van der Waals surface area contributed by atoms with Crippen LogP contribution >= 0.6 is 23.2 Å². The van der Waals surface area contributed by atoms with Gasteiger partial charge in [0.15, 0.2) is 6.61 Å². The predicted octanol–water partition coefficient (Wildman–Crippen LogP) is 3.55. The van der Waals surface area contributed by atoms with Crippen LogP contribution in [0.5, 0.6) is 0 Å². The first-order valence-corrected chi connectivity index (χ1v) is 8.85. The van der Waals surface area contributed by atoms with Gasteiger partial charge < -0.3 is 10.1 Å². The number of carbonyl (C=O) groups is 3. The second-order valence-electron chi connectivity index (χ2n) is 6.06. The average Bonchev–Trinajstić information content (AvgIpc) is 2.55. The van der Waals surface area contributed by atoms with Crippen molar-refractivity contribution in [2.75, 3.05) is 6.61 Å². The molecule has 6 nitrogen and oxygen atoms in total. The molecule has 0 spiro atoms. The predicted molar refractivity (Wildman–Crippen MR) is 94.8 cm³/mol. The standard InChI is InChI=1S/C17H20Cl2N2O4/c1-10-5-2-3-8-13(10)20-17(24)21-14(22)9-25-16(23)15-11(18)6-4-7-12(15)19/h4,6-7,10,13H,2-3,5,8-9H2,1H3,(H2,20,21,22,24)/t10-,13-/m0/s1. The molecule has 0 bridgehead atoms. The van der Waals surface area contributed by atoms with E-state index >= 15 is 0 Å². The molecule has 1 aliphatic carbocycles. The number of carbonyl (C=O) groups excluding carboxylic acids is 3. The number of halogens is 2. The number of benzene rings is 1. The number of nitrogens with one attached hydrogen (secondary N) is 2. The van der Waals surface area contributed by atoms with Gasteiger partial charge in [0.25, 0.3) is 5.91 Å². The second-order valence-corrected chi connectivity index (χ2v) is 6.88. The van der Waals surface area contributed by atoms with Crippen LogP contribution in [0.1, 0.15) is 43.0 Å². The first-order chi connectivity index (χ1) is 11.9. The molecule has 3 amide bonds. The Morgan fingerprint density at radius 2 is 1.80 bits per heavy atom. The van der Waals surface area contributed by atoms with Crippen LogP contribution in [-0.2, 0) is 9.53 Å². The number of hydrogen-bond acceptors (Lipinski definition) is 4. The van der Waals surface area contributed by atoms with Crippen molar-refractivity contribution >= 4 is 41.1 Å². The van der Waals surface area contributed by atoms with Gasteiger partial charge in [0.05, 0.1) is 15.6 Å². The zero-order valence-corrected chi connectivity index (χ0v) is 15.3. The lowest BCUT2D eigenvalue weighted by molar-refractivity contribution is -0.123. The molecule has 1 aliphatic rings. The van der Waals surface area contributed by atoms with Crippen molar-refractivity contribution in [1.29, 1.82) is 0 Å². The Labute approximate surface area is 156 Å². The number of amides is 3. The maximum absolute atomic E-state index is 12.0. The summed E-state index contributed by atoms with van der Waals surface area (Å²) < 4.78 is 4.86. The molecule has 8 heteroatoms. The highest BCUT2D eigenvalue weighted by Gasteiger charge is 2.24. The van der Waals surface area contributed by atoms with E-state index in [1.165, 1.54) is 12.1 Å². The normalized spacial score (nSPS) is 19.8. The van der Waals surface area contributed by atoms with E-state index in [2.05, 4.69) is 17.6 Å². The van der Waals surface area contributed by atoms with Crippen molar-refractivity contribution in [3.05, 3.63) is 33.8 Å². The largest absolute Gasteiger partial charge is 0.452 e. The van der Waals surface area contributed by atoms with Crippen LogP contribution in [0, 0.1) is 5.92 Å². The van der Waals surface area contributed by atoms with E-state index in [1.807, 2.05) is 0 Å². The highest BCUT2D eigenvalue weighted by atomic mass is 35.5. The Balaban J connectivity index is 1.80. The first kappa shape index (κ1) is 19.5. The Bertz CT molecular complexity index is 646. The van der Waals surface area contributed by atoms with Gasteiger partial charge in [-0.1, -0.05) is 49.0 Å². The minimum absolute atomic E-state index is 0.0147. The van der Waals surface area contributed by atoms with Gasteiger partial charge in [-0.25, -0.2) is 9.59 Å². The van der Waals surface area contributed by atoms with Gasteiger partial charge in [-0.15, -0.1) is 0 Å². The number of ether oxygens (including phenoxy) is 1. The van der Waals surface area contributed by atoms with Crippen LogP contribution in [0.15, 0.2) is 18.2 Å². The summed E-state index contributed by atoms with van der Waals surface area (Å²) in [5, 5.41) is 5.19. The molecule has 0 aromatic heterocycles. The number of esters is 1. The number of urea groups is 1. The molecule has 1 fully saturated rings. The van der Waals surface area contributed by atoms with Crippen LogP contribution in [0.4, 0.5) is 4.79 Å². The minimum atomic E-state index is -0.827. The van der Waals surface area contributed by atoms with E-state index < -0.39 is 24.5 Å².